The maximum atomic E-state index is 13.1. The molecule has 1 saturated heterocycles. The van der Waals surface area contributed by atoms with Crippen molar-refractivity contribution in [1.29, 1.82) is 0 Å². The number of rotatable bonds is 5. The van der Waals surface area contributed by atoms with Gasteiger partial charge in [-0.15, -0.1) is 5.10 Å². The van der Waals surface area contributed by atoms with Gasteiger partial charge in [-0.25, -0.2) is 4.39 Å². The van der Waals surface area contributed by atoms with Crippen molar-refractivity contribution >= 4 is 40.7 Å². The third kappa shape index (κ3) is 4.51. The first-order valence-electron chi connectivity index (χ1n) is 8.16. The molecule has 4 nitrogen and oxygen atoms in total. The fourth-order valence-electron chi connectivity index (χ4n) is 2.46. The summed E-state index contributed by atoms with van der Waals surface area (Å²) in [7, 11) is 0. The smallest absolute Gasteiger partial charge is 0.242 e. The topological polar surface area (TPSA) is 45.0 Å². The number of nitrogens with zero attached hydrogens (tertiary/aromatic N) is 3. The molecule has 0 bridgehead atoms. The molecule has 0 radical (unpaired) electrons. The van der Waals surface area contributed by atoms with E-state index in [-0.39, 0.29) is 17.0 Å². The second-order valence-electron chi connectivity index (χ2n) is 5.74. The Bertz CT molecular complexity index is 837. The van der Waals surface area contributed by atoms with Crippen LogP contribution < -0.4 is 0 Å². The van der Waals surface area contributed by atoms with Gasteiger partial charge in [-0.1, -0.05) is 54.6 Å². The van der Waals surface area contributed by atoms with Gasteiger partial charge in [0.1, 0.15) is 5.82 Å². The fourth-order valence-corrected chi connectivity index (χ4v) is 3.61. The Morgan fingerprint density at radius 1 is 1.19 bits per heavy atom. The van der Waals surface area contributed by atoms with Crippen molar-refractivity contribution in [2.45, 2.75) is 25.1 Å². The van der Waals surface area contributed by atoms with Crippen LogP contribution in [0.2, 0.25) is 5.02 Å². The van der Waals surface area contributed by atoms with Gasteiger partial charge in [0.05, 0.1) is 18.0 Å². The van der Waals surface area contributed by atoms with Crippen LogP contribution in [0.1, 0.15) is 24.5 Å². The number of carbonyl (C=O) groups is 1. The van der Waals surface area contributed by atoms with Gasteiger partial charge in [0, 0.05) is 5.02 Å². The summed E-state index contributed by atoms with van der Waals surface area (Å²) in [5.41, 5.74) is 1.71. The highest BCUT2D eigenvalue weighted by atomic mass is 35.5. The molecule has 0 aliphatic carbocycles. The molecule has 3 rings (SSSR count). The zero-order valence-corrected chi connectivity index (χ0v) is 15.7. The zero-order valence-electron chi connectivity index (χ0n) is 14.1. The molecule has 1 fully saturated rings. The molecule has 0 saturated carbocycles. The van der Waals surface area contributed by atoms with Crippen LogP contribution in [0.15, 0.2) is 58.7 Å². The van der Waals surface area contributed by atoms with Crippen LogP contribution in [0.5, 0.6) is 0 Å². The molecule has 1 amide bonds. The number of hydrogen-bond donors (Lipinski definition) is 0. The van der Waals surface area contributed by atoms with Gasteiger partial charge >= 0.3 is 0 Å². The van der Waals surface area contributed by atoms with Gasteiger partial charge in [-0.3, -0.25) is 9.69 Å². The Morgan fingerprint density at radius 2 is 1.88 bits per heavy atom. The third-order valence-corrected chi connectivity index (χ3v) is 5.45. The van der Waals surface area contributed by atoms with E-state index >= 15 is 0 Å². The second-order valence-corrected chi connectivity index (χ2v) is 7.35. The van der Waals surface area contributed by atoms with E-state index in [0.29, 0.717) is 23.2 Å². The molecule has 7 heteroatoms. The van der Waals surface area contributed by atoms with E-state index in [4.69, 9.17) is 11.6 Å². The monoisotopic (exact) mass is 389 g/mol. The summed E-state index contributed by atoms with van der Waals surface area (Å²) in [6, 6.07) is 13.3. The molecule has 2 aromatic rings. The van der Waals surface area contributed by atoms with Crippen LogP contribution >= 0.6 is 23.4 Å². The first kappa shape index (κ1) is 18.6. The van der Waals surface area contributed by atoms with E-state index in [1.54, 1.807) is 35.4 Å². The highest BCUT2D eigenvalue weighted by Crippen LogP contribution is 2.30. The molecule has 1 atom stereocenters. The molecule has 26 heavy (non-hydrogen) atoms. The molecular weight excluding hydrogens is 373 g/mol. The van der Waals surface area contributed by atoms with Crippen molar-refractivity contribution in [2.75, 3.05) is 0 Å². The number of benzene rings is 2. The van der Waals surface area contributed by atoms with E-state index in [0.717, 1.165) is 11.1 Å². The molecule has 1 heterocycles. The Hall–Kier alpha value is -2.18. The highest BCUT2D eigenvalue weighted by Gasteiger charge is 2.36. The lowest BCUT2D eigenvalue weighted by atomic mass is 10.2. The van der Waals surface area contributed by atoms with Crippen LogP contribution in [0.4, 0.5) is 4.39 Å². The molecule has 0 N–H and O–H groups in total. The van der Waals surface area contributed by atoms with E-state index in [1.165, 1.54) is 23.9 Å². The maximum Gasteiger partial charge on any atom is 0.242 e. The highest BCUT2D eigenvalue weighted by molar-refractivity contribution is 8.15. The lowest BCUT2D eigenvalue weighted by Crippen LogP contribution is -2.31. The summed E-state index contributed by atoms with van der Waals surface area (Å²) in [5, 5.41) is 9.38. The zero-order chi connectivity index (χ0) is 18.5. The minimum absolute atomic E-state index is 0.00210. The van der Waals surface area contributed by atoms with E-state index in [2.05, 4.69) is 10.2 Å². The van der Waals surface area contributed by atoms with Crippen molar-refractivity contribution in [3.63, 3.8) is 0 Å². The van der Waals surface area contributed by atoms with Gasteiger partial charge in [0.15, 0.2) is 5.17 Å². The lowest BCUT2D eigenvalue weighted by molar-refractivity contribution is -0.126. The molecule has 2 aromatic carbocycles. The van der Waals surface area contributed by atoms with Crippen LogP contribution in [0.25, 0.3) is 0 Å². The van der Waals surface area contributed by atoms with Crippen molar-refractivity contribution in [2.24, 2.45) is 10.2 Å². The summed E-state index contributed by atoms with van der Waals surface area (Å²) < 4.78 is 13.1. The quantitative estimate of drug-likeness (QED) is 0.548. The van der Waals surface area contributed by atoms with E-state index in [9.17, 15) is 9.18 Å². The summed E-state index contributed by atoms with van der Waals surface area (Å²) >= 11 is 7.26. The number of carbonyl (C=O) groups excluding carboxylic acids is 1. The largest absolute Gasteiger partial charge is 0.284 e. The molecule has 1 unspecified atom stereocenters. The van der Waals surface area contributed by atoms with Crippen LogP contribution in [-0.2, 0) is 11.3 Å². The van der Waals surface area contributed by atoms with Crippen LogP contribution in [-0.4, -0.2) is 27.4 Å². The predicted octanol–water partition coefficient (Wildman–Crippen LogP) is 4.72. The predicted molar refractivity (Wildman–Crippen MR) is 105 cm³/mol. The Kier molecular flexibility index (Phi) is 6.06. The standard InChI is InChI=1S/C19H17ClFN3OS/c1-2-17-18(25)24(12-14-5-9-16(21)10-6-14)19(26-17)23-22-11-13-3-7-15(20)8-4-13/h3-11,17H,2,12H2,1H3. The number of halogens is 2. The average molecular weight is 390 g/mol. The van der Waals surface area contributed by atoms with Crippen LogP contribution in [0.3, 0.4) is 0 Å². The molecule has 0 spiro atoms. The van der Waals surface area contributed by atoms with E-state index in [1.807, 2.05) is 19.1 Å². The Labute approximate surface area is 160 Å². The van der Waals surface area contributed by atoms with Gasteiger partial charge < -0.3 is 0 Å². The fraction of sp³-hybridized carbons (Fsp3) is 0.211. The van der Waals surface area contributed by atoms with Crippen LogP contribution in [0, 0.1) is 5.82 Å². The molecule has 0 aromatic heterocycles. The van der Waals surface area contributed by atoms with Gasteiger partial charge in [0.2, 0.25) is 5.91 Å². The van der Waals surface area contributed by atoms with Crippen molar-refractivity contribution in [3.8, 4) is 0 Å². The molecular formula is C19H17ClFN3OS. The van der Waals surface area contributed by atoms with Crippen molar-refractivity contribution in [3.05, 3.63) is 70.5 Å². The number of amides is 1. The van der Waals surface area contributed by atoms with Crippen molar-refractivity contribution < 1.29 is 9.18 Å². The minimum atomic E-state index is -0.302. The van der Waals surface area contributed by atoms with Gasteiger partial charge in [-0.05, 0) is 41.8 Å². The maximum absolute atomic E-state index is 13.1. The minimum Gasteiger partial charge on any atom is -0.284 e. The Morgan fingerprint density at radius 3 is 2.54 bits per heavy atom. The average Bonchev–Trinajstić information content (AvgIpc) is 2.94. The molecule has 134 valence electrons. The third-order valence-electron chi connectivity index (χ3n) is 3.86. The number of thioether (sulfide) groups is 1. The first-order valence-corrected chi connectivity index (χ1v) is 9.41. The van der Waals surface area contributed by atoms with Crippen molar-refractivity contribution in [1.82, 2.24) is 4.90 Å². The normalized spacial score (nSPS) is 19.0. The summed E-state index contributed by atoms with van der Waals surface area (Å²) in [6.07, 6.45) is 2.33. The second kappa shape index (κ2) is 8.47. The number of hydrogen-bond acceptors (Lipinski definition) is 4. The number of amidine groups is 1. The first-order chi connectivity index (χ1) is 12.6. The molecule has 1 aliphatic rings. The Balaban J connectivity index is 1.78. The van der Waals surface area contributed by atoms with Gasteiger partial charge in [-0.2, -0.15) is 5.10 Å². The summed E-state index contributed by atoms with van der Waals surface area (Å²) in [4.78, 5) is 14.2. The van der Waals surface area contributed by atoms with Gasteiger partial charge in [0.25, 0.3) is 0 Å². The summed E-state index contributed by atoms with van der Waals surface area (Å²) in [6.45, 7) is 2.31. The molecule has 1 aliphatic heterocycles. The summed E-state index contributed by atoms with van der Waals surface area (Å²) in [5.74, 6) is -0.300. The SMILES string of the molecule is CCC1SC(=NN=Cc2ccc(Cl)cc2)N(Cc2ccc(F)cc2)C1=O. The van der Waals surface area contributed by atoms with E-state index < -0.39 is 0 Å². The lowest BCUT2D eigenvalue weighted by Gasteiger charge is -2.15.